The van der Waals surface area contributed by atoms with Gasteiger partial charge in [0.15, 0.2) is 0 Å². The zero-order valence-electron chi connectivity index (χ0n) is 11.8. The summed E-state index contributed by atoms with van der Waals surface area (Å²) in [6.07, 6.45) is 4.06. The summed E-state index contributed by atoms with van der Waals surface area (Å²) in [7, 11) is 0. The molecule has 0 radical (unpaired) electrons. The minimum Gasteiger partial charge on any atom is -0.384 e. The number of pyridine rings is 1. The van der Waals surface area contributed by atoms with Crippen molar-refractivity contribution in [3.8, 4) is 11.3 Å². The van der Waals surface area contributed by atoms with Gasteiger partial charge in [-0.2, -0.15) is 0 Å². The Labute approximate surface area is 120 Å². The van der Waals surface area contributed by atoms with E-state index in [4.69, 9.17) is 5.73 Å². The molecule has 2 heterocycles. The van der Waals surface area contributed by atoms with Gasteiger partial charge in [0.2, 0.25) is 0 Å². The van der Waals surface area contributed by atoms with Gasteiger partial charge in [-0.15, -0.1) is 0 Å². The second kappa shape index (κ2) is 6.06. The van der Waals surface area contributed by atoms with E-state index >= 15 is 0 Å². The molecular formula is C17H21N3. The average molecular weight is 267 g/mol. The van der Waals surface area contributed by atoms with Crippen LogP contribution in [0.3, 0.4) is 0 Å². The molecule has 20 heavy (non-hydrogen) atoms. The maximum Gasteiger partial charge on any atom is 0.124 e. The number of hydrogen-bond acceptors (Lipinski definition) is 3. The van der Waals surface area contributed by atoms with Gasteiger partial charge in [-0.3, -0.25) is 4.90 Å². The molecule has 0 unspecified atom stereocenters. The van der Waals surface area contributed by atoms with Gasteiger partial charge in [0, 0.05) is 12.1 Å². The van der Waals surface area contributed by atoms with Gasteiger partial charge < -0.3 is 5.73 Å². The van der Waals surface area contributed by atoms with Crippen LogP contribution in [0.5, 0.6) is 0 Å². The first-order valence-electron chi connectivity index (χ1n) is 7.35. The fraction of sp³-hybridized carbons (Fsp3) is 0.353. The highest BCUT2D eigenvalue weighted by Crippen LogP contribution is 2.20. The van der Waals surface area contributed by atoms with Gasteiger partial charge >= 0.3 is 0 Å². The van der Waals surface area contributed by atoms with Crippen molar-refractivity contribution in [3.05, 3.63) is 48.0 Å². The number of hydrogen-bond donors (Lipinski definition) is 1. The third-order valence-electron chi connectivity index (χ3n) is 3.88. The van der Waals surface area contributed by atoms with Gasteiger partial charge in [0.1, 0.15) is 5.82 Å². The lowest BCUT2D eigenvalue weighted by molar-refractivity contribution is 0.221. The summed E-state index contributed by atoms with van der Waals surface area (Å²) >= 11 is 0. The van der Waals surface area contributed by atoms with E-state index in [0.29, 0.717) is 5.82 Å². The lowest BCUT2D eigenvalue weighted by atomic mass is 10.1. The van der Waals surface area contributed by atoms with Gasteiger partial charge in [-0.1, -0.05) is 36.8 Å². The summed E-state index contributed by atoms with van der Waals surface area (Å²) in [5.41, 5.74) is 9.17. The topological polar surface area (TPSA) is 42.1 Å². The number of nitrogens with zero attached hydrogens (tertiary/aromatic N) is 2. The summed E-state index contributed by atoms with van der Waals surface area (Å²) in [6.45, 7) is 3.53. The molecule has 0 amide bonds. The Balaban J connectivity index is 1.71. The van der Waals surface area contributed by atoms with Crippen molar-refractivity contribution in [1.29, 1.82) is 0 Å². The van der Waals surface area contributed by atoms with E-state index in [0.717, 1.165) is 17.8 Å². The van der Waals surface area contributed by atoms with Crippen LogP contribution in [0.25, 0.3) is 11.3 Å². The fourth-order valence-electron chi connectivity index (χ4n) is 2.77. The zero-order chi connectivity index (χ0) is 13.8. The molecule has 0 aliphatic carbocycles. The second-order valence-electron chi connectivity index (χ2n) is 5.48. The van der Waals surface area contributed by atoms with Crippen LogP contribution >= 0.6 is 0 Å². The quantitative estimate of drug-likeness (QED) is 0.927. The predicted octanol–water partition coefficient (Wildman–Crippen LogP) is 3.32. The summed E-state index contributed by atoms with van der Waals surface area (Å²) in [6, 6.07) is 14.4. The van der Waals surface area contributed by atoms with Crippen molar-refractivity contribution >= 4 is 5.82 Å². The molecule has 3 nitrogen and oxygen atoms in total. The largest absolute Gasteiger partial charge is 0.384 e. The fourth-order valence-corrected chi connectivity index (χ4v) is 2.77. The highest BCUT2D eigenvalue weighted by Gasteiger charge is 2.10. The number of anilines is 1. The van der Waals surface area contributed by atoms with Crippen LogP contribution in [-0.2, 0) is 6.54 Å². The van der Waals surface area contributed by atoms with E-state index in [1.54, 1.807) is 0 Å². The van der Waals surface area contributed by atoms with Crippen LogP contribution in [0, 0.1) is 0 Å². The van der Waals surface area contributed by atoms with Crippen molar-refractivity contribution in [3.63, 3.8) is 0 Å². The van der Waals surface area contributed by atoms with E-state index in [1.165, 1.54) is 37.9 Å². The van der Waals surface area contributed by atoms with Gasteiger partial charge in [-0.25, -0.2) is 4.98 Å². The standard InChI is InChI=1S/C17H21N3/c18-17-6-4-5-16(19-17)15-9-7-14(8-10-15)13-20-11-2-1-3-12-20/h4-10H,1-3,11-13H2,(H2,18,19). The molecule has 1 aliphatic heterocycles. The molecule has 1 aromatic heterocycles. The van der Waals surface area contributed by atoms with Crippen LogP contribution in [0.15, 0.2) is 42.5 Å². The first kappa shape index (κ1) is 13.1. The van der Waals surface area contributed by atoms with Crippen molar-refractivity contribution in [1.82, 2.24) is 9.88 Å². The highest BCUT2D eigenvalue weighted by molar-refractivity contribution is 5.61. The number of nitrogen functional groups attached to an aromatic ring is 1. The summed E-state index contributed by atoms with van der Waals surface area (Å²) in [5.74, 6) is 0.569. The minimum absolute atomic E-state index is 0.569. The van der Waals surface area contributed by atoms with Crippen molar-refractivity contribution < 1.29 is 0 Å². The molecule has 0 spiro atoms. The van der Waals surface area contributed by atoms with E-state index in [2.05, 4.69) is 34.1 Å². The Hall–Kier alpha value is -1.87. The van der Waals surface area contributed by atoms with Gasteiger partial charge in [-0.05, 0) is 43.6 Å². The SMILES string of the molecule is Nc1cccc(-c2ccc(CN3CCCCC3)cc2)n1. The molecule has 2 N–H and O–H groups in total. The maximum absolute atomic E-state index is 5.73. The van der Waals surface area contributed by atoms with Crippen molar-refractivity contribution in [2.24, 2.45) is 0 Å². The molecule has 1 aliphatic rings. The number of nitrogens with two attached hydrogens (primary N) is 1. The molecule has 3 heteroatoms. The number of benzene rings is 1. The third kappa shape index (κ3) is 3.17. The normalized spacial score (nSPS) is 16.2. The lowest BCUT2D eigenvalue weighted by Crippen LogP contribution is -2.28. The number of likely N-dealkylation sites (tertiary alicyclic amines) is 1. The van der Waals surface area contributed by atoms with E-state index < -0.39 is 0 Å². The monoisotopic (exact) mass is 267 g/mol. The molecule has 0 atom stereocenters. The summed E-state index contributed by atoms with van der Waals surface area (Å²) in [4.78, 5) is 6.90. The lowest BCUT2D eigenvalue weighted by Gasteiger charge is -2.26. The van der Waals surface area contributed by atoms with Crippen LogP contribution in [0.1, 0.15) is 24.8 Å². The number of rotatable bonds is 3. The van der Waals surface area contributed by atoms with Crippen molar-refractivity contribution in [2.75, 3.05) is 18.8 Å². The minimum atomic E-state index is 0.569. The van der Waals surface area contributed by atoms with Crippen LogP contribution in [0.2, 0.25) is 0 Å². The third-order valence-corrected chi connectivity index (χ3v) is 3.88. The Kier molecular flexibility index (Phi) is 3.97. The molecule has 0 saturated carbocycles. The van der Waals surface area contributed by atoms with E-state index in [-0.39, 0.29) is 0 Å². The zero-order valence-corrected chi connectivity index (χ0v) is 11.8. The number of piperidine rings is 1. The number of aromatic nitrogens is 1. The first-order chi connectivity index (χ1) is 9.81. The van der Waals surface area contributed by atoms with Crippen LogP contribution < -0.4 is 5.73 Å². The Bertz CT molecular complexity index is 557. The molecule has 0 bridgehead atoms. The molecule has 1 saturated heterocycles. The average Bonchev–Trinajstić information content (AvgIpc) is 2.49. The Morgan fingerprint density at radius 2 is 1.70 bits per heavy atom. The highest BCUT2D eigenvalue weighted by atomic mass is 15.1. The summed E-state index contributed by atoms with van der Waals surface area (Å²) < 4.78 is 0. The Morgan fingerprint density at radius 1 is 0.950 bits per heavy atom. The summed E-state index contributed by atoms with van der Waals surface area (Å²) in [5, 5.41) is 0. The molecule has 104 valence electrons. The molecule has 3 rings (SSSR count). The molecule has 2 aromatic rings. The molecule has 1 fully saturated rings. The van der Waals surface area contributed by atoms with E-state index in [9.17, 15) is 0 Å². The smallest absolute Gasteiger partial charge is 0.124 e. The molecular weight excluding hydrogens is 246 g/mol. The van der Waals surface area contributed by atoms with Gasteiger partial charge in [0.05, 0.1) is 5.69 Å². The van der Waals surface area contributed by atoms with Crippen LogP contribution in [0.4, 0.5) is 5.82 Å². The second-order valence-corrected chi connectivity index (χ2v) is 5.48. The van der Waals surface area contributed by atoms with E-state index in [1.807, 2.05) is 18.2 Å². The first-order valence-corrected chi connectivity index (χ1v) is 7.35. The van der Waals surface area contributed by atoms with Crippen LogP contribution in [-0.4, -0.2) is 23.0 Å². The predicted molar refractivity (Wildman–Crippen MR) is 83.2 cm³/mol. The Morgan fingerprint density at radius 3 is 2.40 bits per heavy atom. The maximum atomic E-state index is 5.73. The molecule has 1 aromatic carbocycles. The van der Waals surface area contributed by atoms with Gasteiger partial charge in [0.25, 0.3) is 0 Å². The van der Waals surface area contributed by atoms with Crippen molar-refractivity contribution in [2.45, 2.75) is 25.8 Å².